The van der Waals surface area contributed by atoms with E-state index in [1.807, 2.05) is 0 Å². The van der Waals surface area contributed by atoms with Crippen LogP contribution in [0.1, 0.15) is 0 Å². The molecule has 4 aromatic rings. The summed E-state index contributed by atoms with van der Waals surface area (Å²) in [6.07, 6.45) is 0. The van der Waals surface area contributed by atoms with Crippen molar-refractivity contribution in [2.75, 3.05) is 0 Å². The molecule has 0 nitrogen and oxygen atoms in total. The van der Waals surface area contributed by atoms with Crippen LogP contribution in [0.4, 0.5) is 0 Å². The summed E-state index contributed by atoms with van der Waals surface area (Å²) in [6.45, 7) is 0. The second-order valence-corrected chi connectivity index (χ2v) is 9.42. The van der Waals surface area contributed by atoms with Gasteiger partial charge in [-0.3, -0.25) is 0 Å². The molecule has 0 saturated carbocycles. The lowest BCUT2D eigenvalue weighted by Gasteiger charge is -2.27. The Balaban J connectivity index is 0.00000131. The summed E-state index contributed by atoms with van der Waals surface area (Å²) in [6, 6.07) is 43.8. The topological polar surface area (TPSA) is 0 Å². The first kappa shape index (κ1) is 21.4. The predicted molar refractivity (Wildman–Crippen MR) is 121 cm³/mol. The molecule has 0 amide bonds. The van der Waals surface area contributed by atoms with Crippen molar-refractivity contribution >= 4 is 45.8 Å². The number of halogens is 1. The van der Waals surface area contributed by atoms with Crippen molar-refractivity contribution in [3.63, 3.8) is 0 Å². The van der Waals surface area contributed by atoms with Crippen LogP contribution in [0.5, 0.6) is 0 Å². The SMILES string of the molecule is [AlH3].[Cl-].c1ccc([P+](c2ccccc2)(c2ccccc2)c2ccccc2)cc1. The van der Waals surface area contributed by atoms with Crippen LogP contribution < -0.4 is 33.6 Å². The third kappa shape index (κ3) is 4.03. The minimum absolute atomic E-state index is 0. The van der Waals surface area contributed by atoms with Gasteiger partial charge in [-0.1, -0.05) is 72.8 Å². The molecule has 0 saturated heterocycles. The summed E-state index contributed by atoms with van der Waals surface area (Å²) in [5.41, 5.74) is 0. The average Bonchev–Trinajstić information content (AvgIpc) is 2.72. The number of hydrogen-bond donors (Lipinski definition) is 0. The van der Waals surface area contributed by atoms with E-state index in [9.17, 15) is 0 Å². The van der Waals surface area contributed by atoms with Gasteiger partial charge < -0.3 is 12.4 Å². The van der Waals surface area contributed by atoms with Crippen LogP contribution >= 0.6 is 7.26 Å². The molecule has 0 spiro atoms. The molecule has 134 valence electrons. The van der Waals surface area contributed by atoms with Crippen LogP contribution in [0, 0.1) is 0 Å². The lowest BCUT2D eigenvalue weighted by Crippen LogP contribution is -3.00. The van der Waals surface area contributed by atoms with E-state index in [1.54, 1.807) is 0 Å². The molecular formula is C24H23AlClP. The quantitative estimate of drug-likeness (QED) is 0.335. The van der Waals surface area contributed by atoms with Crippen molar-refractivity contribution < 1.29 is 12.4 Å². The highest BCUT2D eigenvalue weighted by molar-refractivity contribution is 8.01. The van der Waals surface area contributed by atoms with Gasteiger partial charge in [0.25, 0.3) is 0 Å². The van der Waals surface area contributed by atoms with E-state index in [0.717, 1.165) is 0 Å². The Morgan fingerprint density at radius 3 is 0.704 bits per heavy atom. The molecule has 0 aliphatic heterocycles. The Morgan fingerprint density at radius 2 is 0.519 bits per heavy atom. The maximum Gasteiger partial charge on any atom is 0.187 e. The number of hydrogen-bond acceptors (Lipinski definition) is 0. The number of rotatable bonds is 4. The molecule has 0 radical (unpaired) electrons. The summed E-state index contributed by atoms with van der Waals surface area (Å²) in [4.78, 5) is 0. The van der Waals surface area contributed by atoms with Crippen molar-refractivity contribution in [2.24, 2.45) is 0 Å². The molecule has 4 aromatic carbocycles. The van der Waals surface area contributed by atoms with Gasteiger partial charge in [0.15, 0.2) is 17.4 Å². The van der Waals surface area contributed by atoms with Crippen LogP contribution in [0.15, 0.2) is 121 Å². The smallest absolute Gasteiger partial charge is 0.187 e. The van der Waals surface area contributed by atoms with Crippen molar-refractivity contribution in [3.05, 3.63) is 121 Å². The van der Waals surface area contributed by atoms with Gasteiger partial charge in [0.05, 0.1) is 0 Å². The maximum atomic E-state index is 2.28. The predicted octanol–water partition coefficient (Wildman–Crippen LogP) is 0.126. The Hall–Kier alpha value is -1.87. The van der Waals surface area contributed by atoms with Gasteiger partial charge in [0.1, 0.15) is 28.5 Å². The molecule has 27 heavy (non-hydrogen) atoms. The molecule has 0 aromatic heterocycles. The monoisotopic (exact) mass is 404 g/mol. The van der Waals surface area contributed by atoms with Gasteiger partial charge in [0.2, 0.25) is 0 Å². The van der Waals surface area contributed by atoms with E-state index in [2.05, 4.69) is 121 Å². The molecule has 0 atom stereocenters. The summed E-state index contributed by atoms with van der Waals surface area (Å²) in [5, 5.41) is 5.55. The highest BCUT2D eigenvalue weighted by Gasteiger charge is 2.47. The highest BCUT2D eigenvalue weighted by atomic mass is 35.5. The van der Waals surface area contributed by atoms with E-state index in [1.165, 1.54) is 21.2 Å². The first-order valence-corrected chi connectivity index (χ1v) is 10.3. The molecule has 0 aliphatic carbocycles. The van der Waals surface area contributed by atoms with Crippen molar-refractivity contribution in [1.29, 1.82) is 0 Å². The van der Waals surface area contributed by atoms with E-state index >= 15 is 0 Å². The van der Waals surface area contributed by atoms with Gasteiger partial charge in [-0.05, 0) is 48.5 Å². The van der Waals surface area contributed by atoms with Gasteiger partial charge in [-0.15, -0.1) is 0 Å². The Labute approximate surface area is 179 Å². The third-order valence-corrected chi connectivity index (χ3v) is 8.86. The van der Waals surface area contributed by atoms with E-state index in [0.29, 0.717) is 0 Å². The zero-order valence-corrected chi connectivity index (χ0v) is 16.0. The lowest BCUT2D eigenvalue weighted by atomic mass is 10.3. The fourth-order valence-corrected chi connectivity index (χ4v) is 7.77. The first-order valence-electron chi connectivity index (χ1n) is 8.54. The van der Waals surface area contributed by atoms with Gasteiger partial charge in [-0.2, -0.15) is 0 Å². The van der Waals surface area contributed by atoms with E-state index < -0.39 is 7.26 Å². The molecule has 0 aliphatic rings. The van der Waals surface area contributed by atoms with Crippen LogP contribution in [0.2, 0.25) is 0 Å². The van der Waals surface area contributed by atoms with Crippen LogP contribution in [0.25, 0.3) is 0 Å². The van der Waals surface area contributed by atoms with Gasteiger partial charge >= 0.3 is 0 Å². The highest BCUT2D eigenvalue weighted by Crippen LogP contribution is 2.53. The zero-order chi connectivity index (χ0) is 17.0. The Kier molecular flexibility index (Phi) is 7.85. The zero-order valence-electron chi connectivity index (χ0n) is 14.4. The molecular weight excluding hydrogens is 382 g/mol. The number of benzene rings is 4. The standard InChI is InChI=1S/C24H20P.Al.ClH.3H/c1-5-13-21(14-6-1)25(22-15-7-2-8-16-22,23-17-9-3-10-18-23)24-19-11-4-12-20-24;;;;;/h1-20H;;1H;;;/q+1;;;;;/p-1. The summed E-state index contributed by atoms with van der Waals surface area (Å²) >= 11 is 0. The Morgan fingerprint density at radius 1 is 0.333 bits per heavy atom. The molecule has 0 heterocycles. The third-order valence-electron chi connectivity index (χ3n) is 4.57. The maximum absolute atomic E-state index is 2.28. The molecule has 0 fully saturated rings. The minimum Gasteiger partial charge on any atom is -1.00 e. The van der Waals surface area contributed by atoms with E-state index in [-0.39, 0.29) is 29.8 Å². The summed E-state index contributed by atoms with van der Waals surface area (Å²) in [5.74, 6) is 0. The average molecular weight is 405 g/mol. The van der Waals surface area contributed by atoms with Crippen molar-refractivity contribution in [1.82, 2.24) is 0 Å². The van der Waals surface area contributed by atoms with Crippen molar-refractivity contribution in [3.8, 4) is 0 Å². The first-order chi connectivity index (χ1) is 12.4. The minimum atomic E-state index is -1.91. The second-order valence-electron chi connectivity index (χ2n) is 6.01. The molecule has 4 rings (SSSR count). The molecule has 3 heteroatoms. The molecule has 0 N–H and O–H groups in total. The normalized spacial score (nSPS) is 10.4. The van der Waals surface area contributed by atoms with E-state index in [4.69, 9.17) is 0 Å². The van der Waals surface area contributed by atoms with Crippen LogP contribution in [-0.4, -0.2) is 17.4 Å². The van der Waals surface area contributed by atoms with Gasteiger partial charge in [-0.25, -0.2) is 0 Å². The Bertz CT molecular complexity index is 765. The van der Waals surface area contributed by atoms with Crippen LogP contribution in [0.3, 0.4) is 0 Å². The second kappa shape index (κ2) is 9.89. The largest absolute Gasteiger partial charge is 1.00 e. The fraction of sp³-hybridized carbons (Fsp3) is 0. The summed E-state index contributed by atoms with van der Waals surface area (Å²) < 4.78 is 0. The van der Waals surface area contributed by atoms with Gasteiger partial charge in [0, 0.05) is 0 Å². The molecule has 0 unspecified atom stereocenters. The van der Waals surface area contributed by atoms with Crippen LogP contribution in [-0.2, 0) is 0 Å². The fourth-order valence-electron chi connectivity index (χ4n) is 3.50. The summed E-state index contributed by atoms with van der Waals surface area (Å²) in [7, 11) is -1.91. The lowest BCUT2D eigenvalue weighted by molar-refractivity contribution is -0.00000490. The molecule has 0 bridgehead atoms. The van der Waals surface area contributed by atoms with Crippen molar-refractivity contribution in [2.45, 2.75) is 0 Å².